The van der Waals surface area contributed by atoms with Crippen LogP contribution in [0.2, 0.25) is 5.02 Å². The summed E-state index contributed by atoms with van der Waals surface area (Å²) in [5.41, 5.74) is 9.91. The van der Waals surface area contributed by atoms with Crippen molar-refractivity contribution in [3.8, 4) is 6.07 Å². The number of hydrogen-bond donors (Lipinski definition) is 1. The predicted octanol–water partition coefficient (Wildman–Crippen LogP) is 5.76. The van der Waals surface area contributed by atoms with Crippen LogP contribution in [0.3, 0.4) is 0 Å². The zero-order valence-electron chi connectivity index (χ0n) is 20.9. The van der Waals surface area contributed by atoms with Gasteiger partial charge in [-0.25, -0.2) is 12.8 Å². The van der Waals surface area contributed by atoms with E-state index in [-0.39, 0.29) is 35.6 Å². The standard InChI is InChI=1S/C28H28ClFN4O2S/c1-17-13-27(18(2)12-25(17)29)37(35,36)33(11-10-31)16-21-5-4-20-14-26-24(19(3)28(20)21)15-32-34(26)23-8-6-22(30)7-9-23/h6-9,12-15,19,21,32H,4-5,11,16H2,1-3H3/t19-,21+/m0/s1. The minimum absolute atomic E-state index is 0.000370. The second-order valence-corrected chi connectivity index (χ2v) is 12.1. The third-order valence-electron chi connectivity index (χ3n) is 7.53. The van der Waals surface area contributed by atoms with Gasteiger partial charge in [0.1, 0.15) is 12.4 Å². The topological polar surface area (TPSA) is 76.4 Å². The van der Waals surface area contributed by atoms with E-state index in [0.29, 0.717) is 16.1 Å². The van der Waals surface area contributed by atoms with E-state index in [4.69, 9.17) is 11.6 Å². The second-order valence-electron chi connectivity index (χ2n) is 9.83. The van der Waals surface area contributed by atoms with Crippen LogP contribution in [-0.2, 0) is 10.0 Å². The van der Waals surface area contributed by atoms with Crippen LogP contribution in [0.5, 0.6) is 0 Å². The molecule has 0 aromatic heterocycles. The Kier molecular flexibility index (Phi) is 6.65. The van der Waals surface area contributed by atoms with Gasteiger partial charge in [-0.05, 0) is 91.8 Å². The molecule has 1 heterocycles. The number of sulfonamides is 1. The second kappa shape index (κ2) is 9.64. The third-order valence-corrected chi connectivity index (χ3v) is 9.89. The van der Waals surface area contributed by atoms with E-state index in [1.807, 2.05) is 17.3 Å². The van der Waals surface area contributed by atoms with Gasteiger partial charge in [-0.2, -0.15) is 9.57 Å². The summed E-state index contributed by atoms with van der Waals surface area (Å²) < 4.78 is 42.1. The zero-order chi connectivity index (χ0) is 26.5. The van der Waals surface area contributed by atoms with Crippen molar-refractivity contribution in [1.82, 2.24) is 9.73 Å². The maximum atomic E-state index is 13.7. The highest BCUT2D eigenvalue weighted by atomic mass is 35.5. The number of nitriles is 1. The molecule has 2 aromatic rings. The molecular formula is C28H28ClFN4O2S. The molecule has 2 aliphatic carbocycles. The molecule has 0 radical (unpaired) electrons. The molecule has 1 N–H and O–H groups in total. The van der Waals surface area contributed by atoms with E-state index >= 15 is 0 Å². The summed E-state index contributed by atoms with van der Waals surface area (Å²) in [5, 5.41) is 12.0. The molecule has 0 unspecified atom stereocenters. The molecule has 1 aliphatic heterocycles. The Labute approximate surface area is 222 Å². The Morgan fingerprint density at radius 2 is 1.95 bits per heavy atom. The average Bonchev–Trinajstić information content (AvgIpc) is 3.46. The van der Waals surface area contributed by atoms with Crippen molar-refractivity contribution in [1.29, 1.82) is 5.26 Å². The summed E-state index contributed by atoms with van der Waals surface area (Å²) in [4.78, 5) is 0.188. The summed E-state index contributed by atoms with van der Waals surface area (Å²) in [6.45, 7) is 5.65. The quantitative estimate of drug-likeness (QED) is 0.473. The molecule has 0 saturated carbocycles. The maximum Gasteiger partial charge on any atom is 0.244 e. The fraction of sp³-hybridized carbons (Fsp3) is 0.321. The van der Waals surface area contributed by atoms with Gasteiger partial charge in [0.25, 0.3) is 0 Å². The maximum absolute atomic E-state index is 13.7. The number of halogens is 2. The Balaban J connectivity index is 1.45. The molecule has 2 aromatic carbocycles. The monoisotopic (exact) mass is 538 g/mol. The highest BCUT2D eigenvalue weighted by Gasteiger charge is 2.40. The normalized spacial score (nSPS) is 20.8. The molecule has 37 heavy (non-hydrogen) atoms. The highest BCUT2D eigenvalue weighted by molar-refractivity contribution is 7.89. The lowest BCUT2D eigenvalue weighted by atomic mass is 9.80. The van der Waals surface area contributed by atoms with E-state index in [0.717, 1.165) is 29.8 Å². The van der Waals surface area contributed by atoms with Gasteiger partial charge < -0.3 is 5.43 Å². The molecule has 0 fully saturated rings. The number of aryl methyl sites for hydroxylation is 2. The van der Waals surface area contributed by atoms with Crippen molar-refractivity contribution >= 4 is 27.3 Å². The first kappa shape index (κ1) is 25.5. The smallest absolute Gasteiger partial charge is 0.244 e. The highest BCUT2D eigenvalue weighted by Crippen LogP contribution is 2.48. The van der Waals surface area contributed by atoms with Gasteiger partial charge in [-0.1, -0.05) is 24.1 Å². The van der Waals surface area contributed by atoms with E-state index in [9.17, 15) is 18.1 Å². The number of allylic oxidation sites excluding steroid dienone is 3. The van der Waals surface area contributed by atoms with Crippen LogP contribution in [0, 0.1) is 42.8 Å². The van der Waals surface area contributed by atoms with Gasteiger partial charge in [0.15, 0.2) is 0 Å². The van der Waals surface area contributed by atoms with Crippen LogP contribution >= 0.6 is 11.6 Å². The van der Waals surface area contributed by atoms with Crippen molar-refractivity contribution in [3.05, 3.63) is 93.1 Å². The number of anilines is 1. The number of benzene rings is 2. The first-order valence-electron chi connectivity index (χ1n) is 12.2. The number of fused-ring (bicyclic) bond motifs is 1. The Morgan fingerprint density at radius 3 is 2.65 bits per heavy atom. The van der Waals surface area contributed by atoms with Crippen molar-refractivity contribution in [2.24, 2.45) is 11.8 Å². The van der Waals surface area contributed by atoms with E-state index in [1.54, 1.807) is 38.1 Å². The van der Waals surface area contributed by atoms with Crippen LogP contribution in [0.25, 0.3) is 0 Å². The number of hydrazine groups is 1. The number of rotatable bonds is 6. The molecule has 192 valence electrons. The molecule has 0 spiro atoms. The number of nitrogens with one attached hydrogen (secondary N) is 1. The van der Waals surface area contributed by atoms with Crippen molar-refractivity contribution in [2.45, 2.75) is 38.5 Å². The molecule has 0 bridgehead atoms. The fourth-order valence-corrected chi connectivity index (χ4v) is 7.54. The van der Waals surface area contributed by atoms with Gasteiger partial charge in [-0.15, -0.1) is 0 Å². The number of nitrogens with zero attached hydrogens (tertiary/aromatic N) is 3. The predicted molar refractivity (Wildman–Crippen MR) is 142 cm³/mol. The van der Waals surface area contributed by atoms with Crippen LogP contribution in [0.15, 0.2) is 76.0 Å². The Bertz CT molecular complexity index is 1510. The zero-order valence-corrected chi connectivity index (χ0v) is 22.5. The molecular weight excluding hydrogens is 511 g/mol. The number of hydrogen-bond acceptors (Lipinski definition) is 5. The minimum atomic E-state index is -3.89. The lowest BCUT2D eigenvalue weighted by Crippen LogP contribution is -2.37. The first-order valence-corrected chi connectivity index (χ1v) is 14.0. The van der Waals surface area contributed by atoms with Crippen molar-refractivity contribution in [3.63, 3.8) is 0 Å². The van der Waals surface area contributed by atoms with Crippen molar-refractivity contribution < 1.29 is 12.8 Å². The fourth-order valence-electron chi connectivity index (χ4n) is 5.65. The Morgan fingerprint density at radius 1 is 1.22 bits per heavy atom. The van der Waals surface area contributed by atoms with Crippen LogP contribution in [0.4, 0.5) is 10.1 Å². The molecule has 5 rings (SSSR count). The SMILES string of the molecule is Cc1cc(S(=O)(=O)N(CC#N)C[C@H]2CCC3=C2[C@@H](C)C2=CNN(c4ccc(F)cc4)C2=C3)c(C)cc1Cl. The first-order chi connectivity index (χ1) is 17.6. The molecule has 0 saturated heterocycles. The molecule has 6 nitrogen and oxygen atoms in total. The summed E-state index contributed by atoms with van der Waals surface area (Å²) in [5.74, 6) is -0.210. The van der Waals surface area contributed by atoms with E-state index in [2.05, 4.69) is 18.4 Å². The van der Waals surface area contributed by atoms with Crippen LogP contribution in [-0.4, -0.2) is 25.8 Å². The molecule has 0 amide bonds. The lowest BCUT2D eigenvalue weighted by molar-refractivity contribution is 0.380. The van der Waals surface area contributed by atoms with Gasteiger partial charge in [0.05, 0.1) is 22.3 Å². The largest absolute Gasteiger partial charge is 0.301 e. The lowest BCUT2D eigenvalue weighted by Gasteiger charge is -2.31. The average molecular weight is 539 g/mol. The molecule has 9 heteroatoms. The minimum Gasteiger partial charge on any atom is -0.301 e. The van der Waals surface area contributed by atoms with Crippen LogP contribution < -0.4 is 10.4 Å². The molecule has 2 atom stereocenters. The third kappa shape index (κ3) is 4.46. The van der Waals surface area contributed by atoms with Gasteiger partial charge in [0, 0.05) is 29.3 Å². The summed E-state index contributed by atoms with van der Waals surface area (Å²) in [7, 11) is -3.89. The van der Waals surface area contributed by atoms with Gasteiger partial charge in [0.2, 0.25) is 10.0 Å². The summed E-state index contributed by atoms with van der Waals surface area (Å²) >= 11 is 6.20. The van der Waals surface area contributed by atoms with E-state index in [1.165, 1.54) is 27.6 Å². The van der Waals surface area contributed by atoms with Gasteiger partial charge >= 0.3 is 0 Å². The van der Waals surface area contributed by atoms with Crippen LogP contribution in [0.1, 0.15) is 30.9 Å². The summed E-state index contributed by atoms with van der Waals surface area (Å²) in [6, 6.07) is 11.6. The molecule has 3 aliphatic rings. The van der Waals surface area contributed by atoms with Crippen molar-refractivity contribution in [2.75, 3.05) is 18.1 Å². The van der Waals surface area contributed by atoms with Gasteiger partial charge in [-0.3, -0.25) is 5.01 Å². The Hall–Kier alpha value is -3.12. The summed E-state index contributed by atoms with van der Waals surface area (Å²) in [6.07, 6.45) is 5.76. The van der Waals surface area contributed by atoms with E-state index < -0.39 is 10.0 Å².